The van der Waals surface area contributed by atoms with Crippen molar-refractivity contribution in [3.05, 3.63) is 0 Å². The standard InChI is InChI=1S/C59H114O6/c1-4-7-10-13-16-17-18-19-20-21-22-23-24-25-26-27-28-29-30-31-32-33-34-35-36-37-38-39-40-41-42-44-46-49-52-58(61)64-55-56(54-63-57(60)51-48-45-15-12-9-6-3)65-59(62)53-50-47-43-14-11-8-5-2/h56H,4-55H2,1-3H3. The van der Waals surface area contributed by atoms with Crippen LogP contribution in [0.1, 0.15) is 342 Å². The van der Waals surface area contributed by atoms with E-state index in [1.54, 1.807) is 0 Å². The summed E-state index contributed by atoms with van der Waals surface area (Å²) in [4.78, 5) is 37.5. The summed E-state index contributed by atoms with van der Waals surface area (Å²) in [5.74, 6) is -0.864. The maximum atomic E-state index is 12.6. The molecule has 6 heteroatoms. The monoisotopic (exact) mass is 919 g/mol. The molecule has 0 heterocycles. The average molecular weight is 920 g/mol. The minimum atomic E-state index is -0.757. The topological polar surface area (TPSA) is 78.9 Å². The van der Waals surface area contributed by atoms with E-state index in [-0.39, 0.29) is 31.1 Å². The summed E-state index contributed by atoms with van der Waals surface area (Å²) in [7, 11) is 0. The lowest BCUT2D eigenvalue weighted by atomic mass is 10.0. The van der Waals surface area contributed by atoms with E-state index in [4.69, 9.17) is 14.2 Å². The average Bonchev–Trinajstić information content (AvgIpc) is 3.30. The molecule has 1 unspecified atom stereocenters. The maximum absolute atomic E-state index is 12.6. The Kier molecular flexibility index (Phi) is 53.7. The second-order valence-electron chi connectivity index (χ2n) is 20.3. The summed E-state index contributed by atoms with van der Waals surface area (Å²) in [5.41, 5.74) is 0. The van der Waals surface area contributed by atoms with Crippen LogP contribution in [0.2, 0.25) is 0 Å². The van der Waals surface area contributed by atoms with E-state index < -0.39 is 6.10 Å². The smallest absolute Gasteiger partial charge is 0.306 e. The molecule has 0 fully saturated rings. The molecule has 0 saturated heterocycles. The minimum absolute atomic E-state index is 0.0639. The highest BCUT2D eigenvalue weighted by molar-refractivity contribution is 5.71. The van der Waals surface area contributed by atoms with Gasteiger partial charge in [0.05, 0.1) is 0 Å². The molecule has 0 aliphatic heterocycles. The van der Waals surface area contributed by atoms with Crippen molar-refractivity contribution in [1.29, 1.82) is 0 Å². The first kappa shape index (κ1) is 63.4. The van der Waals surface area contributed by atoms with Gasteiger partial charge >= 0.3 is 17.9 Å². The van der Waals surface area contributed by atoms with Gasteiger partial charge in [0.15, 0.2) is 6.10 Å². The molecule has 0 aliphatic carbocycles. The molecule has 0 radical (unpaired) electrons. The van der Waals surface area contributed by atoms with Gasteiger partial charge in [0.25, 0.3) is 0 Å². The van der Waals surface area contributed by atoms with Gasteiger partial charge < -0.3 is 14.2 Å². The van der Waals surface area contributed by atoms with Gasteiger partial charge in [-0.1, -0.05) is 303 Å². The fourth-order valence-electron chi connectivity index (χ4n) is 9.15. The van der Waals surface area contributed by atoms with Crippen LogP contribution in [0.25, 0.3) is 0 Å². The van der Waals surface area contributed by atoms with E-state index >= 15 is 0 Å². The third kappa shape index (κ3) is 53.2. The van der Waals surface area contributed by atoms with Gasteiger partial charge in [-0.15, -0.1) is 0 Å². The molecular weight excluding hydrogens is 805 g/mol. The van der Waals surface area contributed by atoms with E-state index in [2.05, 4.69) is 20.8 Å². The van der Waals surface area contributed by atoms with Crippen LogP contribution in [0.4, 0.5) is 0 Å². The molecule has 0 aromatic carbocycles. The summed E-state index contributed by atoms with van der Waals surface area (Å²) < 4.78 is 16.6. The maximum Gasteiger partial charge on any atom is 0.306 e. The van der Waals surface area contributed by atoms with Gasteiger partial charge in [0.1, 0.15) is 13.2 Å². The Bertz CT molecular complexity index is 967. The molecule has 0 amide bonds. The second kappa shape index (κ2) is 55.0. The third-order valence-electron chi connectivity index (χ3n) is 13.6. The van der Waals surface area contributed by atoms with Gasteiger partial charge in [0.2, 0.25) is 0 Å². The number of rotatable bonds is 55. The van der Waals surface area contributed by atoms with Crippen molar-refractivity contribution < 1.29 is 28.6 Å². The van der Waals surface area contributed by atoms with Crippen LogP contribution in [0.5, 0.6) is 0 Å². The summed E-state index contributed by atoms with van der Waals surface area (Å²) in [6.45, 7) is 6.58. The zero-order chi connectivity index (χ0) is 47.2. The van der Waals surface area contributed by atoms with Crippen molar-refractivity contribution in [2.24, 2.45) is 0 Å². The lowest BCUT2D eigenvalue weighted by molar-refractivity contribution is -0.167. The van der Waals surface area contributed by atoms with Crippen molar-refractivity contribution in [1.82, 2.24) is 0 Å². The number of esters is 3. The summed E-state index contributed by atoms with van der Waals surface area (Å²) in [6, 6.07) is 0. The Morgan fingerprint density at radius 3 is 0.615 bits per heavy atom. The van der Waals surface area contributed by atoms with Gasteiger partial charge in [0, 0.05) is 19.3 Å². The highest BCUT2D eigenvalue weighted by Gasteiger charge is 2.19. The first-order valence-corrected chi connectivity index (χ1v) is 29.5. The Hall–Kier alpha value is -1.59. The minimum Gasteiger partial charge on any atom is -0.462 e. The SMILES string of the molecule is CCCCCCCCCCCCCCCCCCCCCCCCCCCCCCCCCCCCC(=O)OCC(COC(=O)CCCCCCCC)OC(=O)CCCCCCCCC. The first-order valence-electron chi connectivity index (χ1n) is 29.5. The number of carbonyl (C=O) groups is 3. The summed E-state index contributed by atoms with van der Waals surface area (Å²) >= 11 is 0. The second-order valence-corrected chi connectivity index (χ2v) is 20.3. The highest BCUT2D eigenvalue weighted by atomic mass is 16.6. The normalized spacial score (nSPS) is 11.9. The fourth-order valence-corrected chi connectivity index (χ4v) is 9.15. The molecule has 386 valence electrons. The van der Waals surface area contributed by atoms with Gasteiger partial charge in [-0.2, -0.15) is 0 Å². The van der Waals surface area contributed by atoms with Crippen molar-refractivity contribution in [3.8, 4) is 0 Å². The number of unbranched alkanes of at least 4 members (excludes halogenated alkanes) is 44. The Morgan fingerprint density at radius 1 is 0.246 bits per heavy atom. The number of ether oxygens (including phenoxy) is 3. The molecule has 6 nitrogen and oxygen atoms in total. The van der Waals surface area contributed by atoms with E-state index in [1.807, 2.05) is 0 Å². The molecule has 0 N–H and O–H groups in total. The summed E-state index contributed by atoms with van der Waals surface area (Å²) in [5, 5.41) is 0. The Balaban J connectivity index is 3.71. The predicted molar refractivity (Wildman–Crippen MR) is 280 cm³/mol. The van der Waals surface area contributed by atoms with Crippen molar-refractivity contribution in [2.75, 3.05) is 13.2 Å². The van der Waals surface area contributed by atoms with Gasteiger partial charge in [-0.3, -0.25) is 14.4 Å². The van der Waals surface area contributed by atoms with E-state index in [0.717, 1.165) is 57.8 Å². The zero-order valence-corrected chi connectivity index (χ0v) is 44.3. The van der Waals surface area contributed by atoms with Crippen LogP contribution in [0, 0.1) is 0 Å². The van der Waals surface area contributed by atoms with E-state index in [0.29, 0.717) is 19.3 Å². The lowest BCUT2D eigenvalue weighted by Gasteiger charge is -2.18. The van der Waals surface area contributed by atoms with Crippen LogP contribution >= 0.6 is 0 Å². The van der Waals surface area contributed by atoms with E-state index in [1.165, 1.54) is 244 Å². The largest absolute Gasteiger partial charge is 0.462 e. The molecule has 0 spiro atoms. The number of carbonyl (C=O) groups excluding carboxylic acids is 3. The molecular formula is C59H114O6. The van der Waals surface area contributed by atoms with Crippen LogP contribution < -0.4 is 0 Å². The number of hydrogen-bond acceptors (Lipinski definition) is 6. The van der Waals surface area contributed by atoms with Crippen LogP contribution in [-0.2, 0) is 28.6 Å². The fraction of sp³-hybridized carbons (Fsp3) is 0.949. The zero-order valence-electron chi connectivity index (χ0n) is 44.3. The third-order valence-corrected chi connectivity index (χ3v) is 13.6. The molecule has 0 aliphatic rings. The quantitative estimate of drug-likeness (QED) is 0.0344. The van der Waals surface area contributed by atoms with Gasteiger partial charge in [-0.25, -0.2) is 0 Å². The van der Waals surface area contributed by atoms with Crippen LogP contribution in [-0.4, -0.2) is 37.2 Å². The van der Waals surface area contributed by atoms with Gasteiger partial charge in [-0.05, 0) is 19.3 Å². The Morgan fingerprint density at radius 2 is 0.415 bits per heavy atom. The molecule has 0 saturated carbocycles. The Labute approximate surface area is 406 Å². The number of hydrogen-bond donors (Lipinski definition) is 0. The van der Waals surface area contributed by atoms with Crippen LogP contribution in [0.3, 0.4) is 0 Å². The highest BCUT2D eigenvalue weighted by Crippen LogP contribution is 2.18. The molecule has 0 aromatic heterocycles. The first-order chi connectivity index (χ1) is 32.0. The van der Waals surface area contributed by atoms with Crippen molar-refractivity contribution in [3.63, 3.8) is 0 Å². The molecule has 0 bridgehead atoms. The van der Waals surface area contributed by atoms with Crippen LogP contribution in [0.15, 0.2) is 0 Å². The van der Waals surface area contributed by atoms with E-state index in [9.17, 15) is 14.4 Å². The molecule has 0 aromatic rings. The predicted octanol–water partition coefficient (Wildman–Crippen LogP) is 19.5. The van der Waals surface area contributed by atoms with Crippen molar-refractivity contribution in [2.45, 2.75) is 348 Å². The molecule has 65 heavy (non-hydrogen) atoms. The summed E-state index contributed by atoms with van der Waals surface area (Å²) in [6.07, 6.45) is 62.0. The molecule has 0 rings (SSSR count). The molecule has 1 atom stereocenters. The lowest BCUT2D eigenvalue weighted by Crippen LogP contribution is -2.30. The van der Waals surface area contributed by atoms with Crippen molar-refractivity contribution >= 4 is 17.9 Å².